The Morgan fingerprint density at radius 2 is 2.33 bits per heavy atom. The van der Waals surface area contributed by atoms with E-state index in [1.807, 2.05) is 43.4 Å². The third kappa shape index (κ3) is 3.33. The van der Waals surface area contributed by atoms with Crippen LogP contribution >= 0.6 is 11.6 Å². The van der Waals surface area contributed by atoms with Gasteiger partial charge in [0.15, 0.2) is 5.49 Å². The lowest BCUT2D eigenvalue weighted by Gasteiger charge is -2.04. The van der Waals surface area contributed by atoms with Gasteiger partial charge in [0.2, 0.25) is 5.84 Å². The van der Waals surface area contributed by atoms with E-state index in [1.54, 1.807) is 6.08 Å². The second-order valence-electron chi connectivity index (χ2n) is 4.17. The van der Waals surface area contributed by atoms with Gasteiger partial charge in [-0.2, -0.15) is 10.3 Å². The zero-order chi connectivity index (χ0) is 15.2. The molecular weight excluding hydrogens is 284 g/mol. The number of allylic oxidation sites excluding steroid dienone is 5. The topological polar surface area (TPSA) is 61.4 Å². The molecule has 0 spiro atoms. The van der Waals surface area contributed by atoms with E-state index in [0.29, 0.717) is 17.2 Å². The van der Waals surface area contributed by atoms with Crippen molar-refractivity contribution in [3.05, 3.63) is 58.4 Å². The molecule has 104 valence electrons. The molecule has 1 aliphatic rings. The van der Waals surface area contributed by atoms with E-state index in [-0.39, 0.29) is 5.84 Å². The maximum Gasteiger partial charge on any atom is 0.229 e. The molecule has 1 aliphatic heterocycles. The quantitative estimate of drug-likeness (QED) is 0.634. The van der Waals surface area contributed by atoms with Crippen molar-refractivity contribution >= 4 is 29.1 Å². The van der Waals surface area contributed by atoms with Crippen molar-refractivity contribution in [2.45, 2.75) is 6.92 Å². The summed E-state index contributed by atoms with van der Waals surface area (Å²) in [5, 5.41) is 10.1. The van der Waals surface area contributed by atoms with E-state index in [2.05, 4.69) is 21.5 Å². The molecule has 0 bridgehead atoms. The van der Waals surface area contributed by atoms with Crippen LogP contribution in [0, 0.1) is 11.3 Å². The first-order chi connectivity index (χ1) is 10.2. The molecule has 0 radical (unpaired) electrons. The first kappa shape index (κ1) is 14.9. The average molecular weight is 297 g/mol. The lowest BCUT2D eigenvalue weighted by Crippen LogP contribution is -2.30. The normalized spacial score (nSPS) is 14.3. The fourth-order valence-electron chi connectivity index (χ4n) is 1.88. The number of amidine groups is 1. The summed E-state index contributed by atoms with van der Waals surface area (Å²) in [6, 6.07) is 3.84. The summed E-state index contributed by atoms with van der Waals surface area (Å²) in [6.45, 7) is 5.98. The summed E-state index contributed by atoms with van der Waals surface area (Å²) >= 11 is 6.25. The number of pyridine rings is 1. The van der Waals surface area contributed by atoms with Crippen molar-refractivity contribution in [2.75, 3.05) is 6.54 Å². The Hall–Kier alpha value is -2.51. The number of nitriles is 1. The third-order valence-corrected chi connectivity index (χ3v) is 3.17. The second-order valence-corrected chi connectivity index (χ2v) is 4.53. The van der Waals surface area contributed by atoms with Gasteiger partial charge in [-0.3, -0.25) is 4.99 Å². The van der Waals surface area contributed by atoms with Gasteiger partial charge in [-0.15, -0.1) is 0 Å². The minimum Gasteiger partial charge on any atom is -0.253 e. The van der Waals surface area contributed by atoms with Crippen LogP contribution in [-0.2, 0) is 0 Å². The van der Waals surface area contributed by atoms with Gasteiger partial charge < -0.3 is 0 Å². The number of hydrogen-bond acceptors (Lipinski definition) is 4. The molecule has 0 atom stereocenters. The molecule has 2 heterocycles. The Bertz CT molecular complexity index is 823. The molecule has 0 saturated heterocycles. The maximum atomic E-state index is 8.91. The summed E-state index contributed by atoms with van der Waals surface area (Å²) in [5.74, 6) is 0.110. The number of aromatic nitrogens is 1. The van der Waals surface area contributed by atoms with Gasteiger partial charge >= 0.3 is 0 Å². The van der Waals surface area contributed by atoms with Crippen LogP contribution in [0.3, 0.4) is 0 Å². The van der Waals surface area contributed by atoms with Gasteiger partial charge in [-0.25, -0.2) is 4.98 Å². The molecule has 1 aromatic heterocycles. The van der Waals surface area contributed by atoms with E-state index in [0.717, 1.165) is 16.4 Å². The molecule has 2 rings (SSSR count). The molecule has 0 N–H and O–H groups in total. The smallest absolute Gasteiger partial charge is 0.229 e. The number of fused-ring (bicyclic) bond motifs is 1. The van der Waals surface area contributed by atoms with E-state index in [9.17, 15) is 0 Å². The van der Waals surface area contributed by atoms with Crippen LogP contribution in [0.5, 0.6) is 0 Å². The highest BCUT2D eigenvalue weighted by Crippen LogP contribution is 2.20. The molecular formula is C16H13ClN4. The maximum absolute atomic E-state index is 8.91. The number of hydrogen-bond donors (Lipinski definition) is 0. The van der Waals surface area contributed by atoms with E-state index in [1.165, 1.54) is 0 Å². The number of rotatable bonds is 3. The number of aliphatic imine (C=N–C) groups is 1. The van der Waals surface area contributed by atoms with Crippen molar-refractivity contribution in [3.63, 3.8) is 0 Å². The van der Waals surface area contributed by atoms with Crippen LogP contribution in [0.25, 0.3) is 11.6 Å². The van der Waals surface area contributed by atoms with Gasteiger partial charge in [0.1, 0.15) is 11.2 Å². The van der Waals surface area contributed by atoms with E-state index < -0.39 is 0 Å². The van der Waals surface area contributed by atoms with Crippen molar-refractivity contribution in [1.29, 1.82) is 5.26 Å². The Balaban J connectivity index is 2.64. The molecule has 1 aromatic rings. The highest BCUT2D eigenvalue weighted by molar-refractivity contribution is 6.31. The van der Waals surface area contributed by atoms with Crippen LogP contribution in [0.2, 0.25) is 5.15 Å². The highest BCUT2D eigenvalue weighted by atomic mass is 35.5. The van der Waals surface area contributed by atoms with Gasteiger partial charge in [0.25, 0.3) is 0 Å². The third-order valence-electron chi connectivity index (χ3n) is 2.88. The lowest BCUT2D eigenvalue weighted by molar-refractivity contribution is 1.13. The molecule has 4 nitrogen and oxygen atoms in total. The monoisotopic (exact) mass is 296 g/mol. The first-order valence-electron chi connectivity index (χ1n) is 6.35. The van der Waals surface area contributed by atoms with Crippen LogP contribution in [-0.4, -0.2) is 17.4 Å². The van der Waals surface area contributed by atoms with Crippen LogP contribution in [0.1, 0.15) is 12.5 Å². The number of halogens is 1. The van der Waals surface area contributed by atoms with Crippen LogP contribution in [0.4, 0.5) is 0 Å². The van der Waals surface area contributed by atoms with Gasteiger partial charge in [-0.05, 0) is 18.6 Å². The summed E-state index contributed by atoms with van der Waals surface area (Å²) < 4.78 is 0. The molecule has 5 heteroatoms. The SMILES string of the molecule is C=C/C=C\C(=C/C)c1cc2c(nc1Cl)=NC(C#N)=NCC=2. The van der Waals surface area contributed by atoms with Crippen molar-refractivity contribution < 1.29 is 0 Å². The van der Waals surface area contributed by atoms with Crippen LogP contribution < -0.4 is 10.7 Å². The average Bonchev–Trinajstić information content (AvgIpc) is 2.69. The molecule has 0 unspecified atom stereocenters. The van der Waals surface area contributed by atoms with Crippen molar-refractivity contribution in [1.82, 2.24) is 4.98 Å². The van der Waals surface area contributed by atoms with Crippen LogP contribution in [0.15, 0.2) is 46.9 Å². The zero-order valence-corrected chi connectivity index (χ0v) is 12.3. The minimum atomic E-state index is 0.110. The van der Waals surface area contributed by atoms with Gasteiger partial charge in [-0.1, -0.05) is 48.6 Å². The lowest BCUT2D eigenvalue weighted by atomic mass is 10.1. The van der Waals surface area contributed by atoms with Gasteiger partial charge in [0.05, 0.1) is 6.54 Å². The first-order valence-corrected chi connectivity index (χ1v) is 6.73. The largest absolute Gasteiger partial charge is 0.253 e. The standard InChI is InChI=1S/C16H13ClN4/c1-3-5-6-11(4-2)13-9-12-7-8-19-14(10-18)20-16(12)21-15(13)17/h3-7,9H,1,8H2,2H3/b6-5-,11-4+. The predicted octanol–water partition coefficient (Wildman–Crippen LogP) is 2.22. The summed E-state index contributed by atoms with van der Waals surface area (Å²) in [7, 11) is 0. The number of nitrogens with zero attached hydrogens (tertiary/aromatic N) is 4. The summed E-state index contributed by atoms with van der Waals surface area (Å²) in [6.07, 6.45) is 9.26. The Morgan fingerprint density at radius 1 is 1.52 bits per heavy atom. The Labute approximate surface area is 127 Å². The van der Waals surface area contributed by atoms with Crippen molar-refractivity contribution in [3.8, 4) is 6.07 Å². The highest BCUT2D eigenvalue weighted by Gasteiger charge is 2.08. The molecule has 21 heavy (non-hydrogen) atoms. The molecule has 0 amide bonds. The molecule has 0 fully saturated rings. The minimum absolute atomic E-state index is 0.110. The van der Waals surface area contributed by atoms with E-state index in [4.69, 9.17) is 16.9 Å². The molecule has 0 aromatic carbocycles. The van der Waals surface area contributed by atoms with Crippen molar-refractivity contribution in [2.24, 2.45) is 9.98 Å². The Morgan fingerprint density at radius 3 is 3.00 bits per heavy atom. The zero-order valence-electron chi connectivity index (χ0n) is 11.5. The fourth-order valence-corrected chi connectivity index (χ4v) is 2.12. The van der Waals surface area contributed by atoms with E-state index >= 15 is 0 Å². The summed E-state index contributed by atoms with van der Waals surface area (Å²) in [5.41, 5.74) is 2.17. The fraction of sp³-hybridized carbons (Fsp3) is 0.125. The summed E-state index contributed by atoms with van der Waals surface area (Å²) in [4.78, 5) is 12.4. The molecule has 0 saturated carbocycles. The molecule has 0 aliphatic carbocycles. The second kappa shape index (κ2) is 6.78. The Kier molecular flexibility index (Phi) is 4.81. The van der Waals surface area contributed by atoms with Gasteiger partial charge in [0, 0.05) is 10.8 Å². The predicted molar refractivity (Wildman–Crippen MR) is 85.4 cm³/mol.